The van der Waals surface area contributed by atoms with Crippen LogP contribution in [0, 0.1) is 12.8 Å². The first kappa shape index (κ1) is 19.2. The van der Waals surface area contributed by atoms with Crippen molar-refractivity contribution in [3.8, 4) is 5.75 Å². The molecule has 2 rings (SSSR count). The van der Waals surface area contributed by atoms with Gasteiger partial charge >= 0.3 is 0 Å². The zero-order chi connectivity index (χ0) is 17.7. The summed E-state index contributed by atoms with van der Waals surface area (Å²) in [7, 11) is 0.209. The molecule has 1 N–H and O–H groups in total. The van der Waals surface area contributed by atoms with Gasteiger partial charge in [-0.15, -0.1) is 0 Å². The largest absolute Gasteiger partial charge is 0.497 e. The molecule has 1 unspecified atom stereocenters. The highest BCUT2D eigenvalue weighted by molar-refractivity contribution is 7.89. The zero-order valence-electron chi connectivity index (χ0n) is 15.1. The van der Waals surface area contributed by atoms with Crippen LogP contribution in [0.2, 0.25) is 0 Å². The molecule has 136 valence electrons. The third kappa shape index (κ3) is 5.17. The van der Waals surface area contributed by atoms with Crippen molar-refractivity contribution in [3.05, 3.63) is 23.8 Å². The Labute approximate surface area is 145 Å². The van der Waals surface area contributed by atoms with E-state index in [0.29, 0.717) is 22.8 Å². The van der Waals surface area contributed by atoms with Crippen LogP contribution >= 0.6 is 0 Å². The fourth-order valence-corrected chi connectivity index (χ4v) is 4.31. The molecule has 1 fully saturated rings. The number of hydrogen-bond donors (Lipinski definition) is 1. The first-order valence-corrected chi connectivity index (χ1v) is 9.85. The highest BCUT2D eigenvalue weighted by Gasteiger charge is 2.20. The molecule has 1 heterocycles. The van der Waals surface area contributed by atoms with Crippen LogP contribution in [-0.4, -0.2) is 71.6 Å². The molecule has 0 amide bonds. The van der Waals surface area contributed by atoms with Gasteiger partial charge in [0.2, 0.25) is 10.0 Å². The Kier molecular flexibility index (Phi) is 6.62. The van der Waals surface area contributed by atoms with Gasteiger partial charge in [-0.2, -0.15) is 0 Å². The average Bonchev–Trinajstić information content (AvgIpc) is 2.55. The number of nitrogens with one attached hydrogen (secondary N) is 1. The minimum atomic E-state index is -3.49. The van der Waals surface area contributed by atoms with Crippen molar-refractivity contribution < 1.29 is 13.2 Å². The van der Waals surface area contributed by atoms with Gasteiger partial charge in [0.15, 0.2) is 0 Å². The SMILES string of the molecule is COc1ccc(S(=O)(=O)NCC(C)CN2CCN(C)CC2)c(C)c1. The van der Waals surface area contributed by atoms with Crippen molar-refractivity contribution in [2.24, 2.45) is 5.92 Å². The van der Waals surface area contributed by atoms with Crippen molar-refractivity contribution in [2.75, 3.05) is 53.4 Å². The summed E-state index contributed by atoms with van der Waals surface area (Å²) in [5, 5.41) is 0. The maximum absolute atomic E-state index is 12.5. The Balaban J connectivity index is 1.90. The number of piperazine rings is 1. The summed E-state index contributed by atoms with van der Waals surface area (Å²) in [5.74, 6) is 0.927. The standard InChI is InChI=1S/C17H29N3O3S/c1-14(13-20-9-7-19(3)8-10-20)12-18-24(21,22)17-6-5-16(23-4)11-15(17)2/h5-6,11,14,18H,7-10,12-13H2,1-4H3. The van der Waals surface area contributed by atoms with Gasteiger partial charge in [-0.25, -0.2) is 13.1 Å². The van der Waals surface area contributed by atoms with E-state index < -0.39 is 10.0 Å². The van der Waals surface area contributed by atoms with Crippen LogP contribution in [0.5, 0.6) is 5.75 Å². The van der Waals surface area contributed by atoms with Gasteiger partial charge in [0, 0.05) is 39.3 Å². The Morgan fingerprint density at radius 1 is 1.25 bits per heavy atom. The minimum Gasteiger partial charge on any atom is -0.497 e. The number of methoxy groups -OCH3 is 1. The monoisotopic (exact) mass is 355 g/mol. The van der Waals surface area contributed by atoms with Crippen LogP contribution in [0.15, 0.2) is 23.1 Å². The van der Waals surface area contributed by atoms with E-state index in [1.54, 1.807) is 32.2 Å². The first-order valence-electron chi connectivity index (χ1n) is 8.37. The van der Waals surface area contributed by atoms with Crippen molar-refractivity contribution in [2.45, 2.75) is 18.7 Å². The number of sulfonamides is 1. The van der Waals surface area contributed by atoms with E-state index in [-0.39, 0.29) is 5.92 Å². The van der Waals surface area contributed by atoms with Gasteiger partial charge in [0.05, 0.1) is 12.0 Å². The van der Waals surface area contributed by atoms with Gasteiger partial charge in [-0.1, -0.05) is 6.92 Å². The number of hydrogen-bond acceptors (Lipinski definition) is 5. The average molecular weight is 356 g/mol. The summed E-state index contributed by atoms with van der Waals surface area (Å²) in [5.41, 5.74) is 0.688. The van der Waals surface area contributed by atoms with E-state index in [2.05, 4.69) is 28.5 Å². The van der Waals surface area contributed by atoms with Crippen LogP contribution < -0.4 is 9.46 Å². The summed E-state index contributed by atoms with van der Waals surface area (Å²) < 4.78 is 32.9. The molecule has 1 aromatic rings. The molecule has 1 aliphatic rings. The van der Waals surface area contributed by atoms with E-state index in [1.807, 2.05) is 0 Å². The predicted molar refractivity (Wildman–Crippen MR) is 96.0 cm³/mol. The van der Waals surface area contributed by atoms with E-state index >= 15 is 0 Å². The predicted octanol–water partition coefficient (Wildman–Crippen LogP) is 1.17. The van der Waals surface area contributed by atoms with E-state index in [1.165, 1.54) is 0 Å². The number of rotatable bonds is 7. The Morgan fingerprint density at radius 2 is 1.92 bits per heavy atom. The fourth-order valence-electron chi connectivity index (χ4n) is 2.92. The molecule has 1 saturated heterocycles. The lowest BCUT2D eigenvalue weighted by Crippen LogP contribution is -2.46. The smallest absolute Gasteiger partial charge is 0.240 e. The van der Waals surface area contributed by atoms with Crippen molar-refractivity contribution in [3.63, 3.8) is 0 Å². The molecule has 24 heavy (non-hydrogen) atoms. The lowest BCUT2D eigenvalue weighted by molar-refractivity contribution is 0.139. The van der Waals surface area contributed by atoms with E-state index in [0.717, 1.165) is 32.7 Å². The molecule has 1 aromatic carbocycles. The topological polar surface area (TPSA) is 61.9 Å². The maximum atomic E-state index is 12.5. The lowest BCUT2D eigenvalue weighted by atomic mass is 10.1. The second-order valence-electron chi connectivity index (χ2n) is 6.69. The second kappa shape index (κ2) is 8.29. The molecule has 0 aromatic heterocycles. The highest BCUT2D eigenvalue weighted by atomic mass is 32.2. The minimum absolute atomic E-state index is 0.265. The number of likely N-dealkylation sites (N-methyl/N-ethyl adjacent to an activating group) is 1. The maximum Gasteiger partial charge on any atom is 0.240 e. The number of nitrogens with zero attached hydrogens (tertiary/aromatic N) is 2. The second-order valence-corrected chi connectivity index (χ2v) is 8.43. The molecule has 1 aliphatic heterocycles. The molecule has 0 saturated carbocycles. The summed E-state index contributed by atoms with van der Waals surface area (Å²) in [6.07, 6.45) is 0. The molecule has 1 atom stereocenters. The molecular weight excluding hydrogens is 326 g/mol. The van der Waals surface area contributed by atoms with Crippen LogP contribution in [0.1, 0.15) is 12.5 Å². The zero-order valence-corrected chi connectivity index (χ0v) is 15.9. The number of ether oxygens (including phenoxy) is 1. The summed E-state index contributed by atoms with van der Waals surface area (Å²) >= 11 is 0. The van der Waals surface area contributed by atoms with Crippen molar-refractivity contribution >= 4 is 10.0 Å². The molecule has 7 heteroatoms. The highest BCUT2D eigenvalue weighted by Crippen LogP contribution is 2.20. The molecule has 0 radical (unpaired) electrons. The van der Waals surface area contributed by atoms with Crippen molar-refractivity contribution in [1.29, 1.82) is 0 Å². The van der Waals surface area contributed by atoms with Crippen LogP contribution in [0.3, 0.4) is 0 Å². The molecule has 0 spiro atoms. The molecule has 6 nitrogen and oxygen atoms in total. The van der Waals surface area contributed by atoms with Gasteiger partial charge < -0.3 is 14.5 Å². The Morgan fingerprint density at radius 3 is 2.50 bits per heavy atom. The van der Waals surface area contributed by atoms with Crippen LogP contribution in [0.4, 0.5) is 0 Å². The molecule has 0 bridgehead atoms. The number of benzene rings is 1. The quantitative estimate of drug-likeness (QED) is 0.795. The first-order chi connectivity index (χ1) is 11.3. The normalized spacial score (nSPS) is 18.5. The van der Waals surface area contributed by atoms with Gasteiger partial charge in [-0.3, -0.25) is 0 Å². The molecule has 0 aliphatic carbocycles. The van der Waals surface area contributed by atoms with Crippen LogP contribution in [0.25, 0.3) is 0 Å². The molecular formula is C17H29N3O3S. The Bertz CT molecular complexity index is 640. The summed E-state index contributed by atoms with van der Waals surface area (Å²) in [6.45, 7) is 9.47. The van der Waals surface area contributed by atoms with Gasteiger partial charge in [-0.05, 0) is 43.7 Å². The van der Waals surface area contributed by atoms with Crippen LogP contribution in [-0.2, 0) is 10.0 Å². The summed E-state index contributed by atoms with van der Waals surface area (Å²) in [6, 6.07) is 5.01. The van der Waals surface area contributed by atoms with Gasteiger partial charge in [0.25, 0.3) is 0 Å². The number of aryl methyl sites for hydroxylation is 1. The van der Waals surface area contributed by atoms with Gasteiger partial charge in [0.1, 0.15) is 5.75 Å². The van der Waals surface area contributed by atoms with E-state index in [4.69, 9.17) is 4.74 Å². The van der Waals surface area contributed by atoms with E-state index in [9.17, 15) is 8.42 Å². The third-order valence-electron chi connectivity index (χ3n) is 4.46. The summed E-state index contributed by atoms with van der Waals surface area (Å²) in [4.78, 5) is 5.03. The fraction of sp³-hybridized carbons (Fsp3) is 0.647. The third-order valence-corrected chi connectivity index (χ3v) is 6.04. The Hall–Kier alpha value is -1.15. The lowest BCUT2D eigenvalue weighted by Gasteiger charge is -2.33. The van der Waals surface area contributed by atoms with Crippen molar-refractivity contribution in [1.82, 2.24) is 14.5 Å².